The van der Waals surface area contributed by atoms with Crippen LogP contribution < -0.4 is 21.7 Å². The summed E-state index contributed by atoms with van der Waals surface area (Å²) in [6.45, 7) is 4.14. The number of halogens is 1. The van der Waals surface area contributed by atoms with Gasteiger partial charge in [-0.05, 0) is 50.8 Å². The van der Waals surface area contributed by atoms with Crippen LogP contribution in [0.5, 0.6) is 0 Å². The van der Waals surface area contributed by atoms with Crippen molar-refractivity contribution in [2.24, 2.45) is 5.73 Å². The molecular formula is C22H33ClN6O. The molecule has 2 aromatic heterocycles. The van der Waals surface area contributed by atoms with Gasteiger partial charge in [-0.2, -0.15) is 0 Å². The summed E-state index contributed by atoms with van der Waals surface area (Å²) in [6.07, 6.45) is 6.19. The molecule has 1 saturated carbocycles. The van der Waals surface area contributed by atoms with Crippen LogP contribution in [-0.2, 0) is 4.74 Å². The Balaban J connectivity index is 1.61. The quantitative estimate of drug-likeness (QED) is 0.456. The van der Waals surface area contributed by atoms with E-state index in [1.807, 2.05) is 24.3 Å². The van der Waals surface area contributed by atoms with E-state index in [1.54, 1.807) is 13.3 Å². The lowest BCUT2D eigenvalue weighted by Crippen LogP contribution is -2.42. The van der Waals surface area contributed by atoms with Crippen LogP contribution in [0.4, 0.5) is 11.6 Å². The maximum atomic E-state index is 6.43. The zero-order valence-corrected chi connectivity index (χ0v) is 18.6. The number of nitrogens with one attached hydrogen (secondary N) is 3. The fourth-order valence-electron chi connectivity index (χ4n) is 3.91. The lowest BCUT2D eigenvalue weighted by molar-refractivity contribution is 0.161. The Kier molecular flexibility index (Phi) is 8.69. The number of hydrogen-bond acceptors (Lipinski definition) is 7. The van der Waals surface area contributed by atoms with Crippen LogP contribution in [0.25, 0.3) is 11.3 Å². The average molecular weight is 433 g/mol. The van der Waals surface area contributed by atoms with Gasteiger partial charge in [-0.1, -0.05) is 17.7 Å². The molecule has 2 aromatic rings. The number of rotatable bonds is 10. The molecule has 0 aliphatic heterocycles. The zero-order chi connectivity index (χ0) is 21.3. The summed E-state index contributed by atoms with van der Waals surface area (Å²) in [6, 6.07) is 9.17. The SMILES string of the molecule is COC[C@@H](C)NC1CCC(Nc2cc(-c3cccc(NCCN)n3)c(Cl)cn2)CC1. The van der Waals surface area contributed by atoms with E-state index in [2.05, 4.69) is 32.8 Å². The molecule has 7 nitrogen and oxygen atoms in total. The minimum Gasteiger partial charge on any atom is -0.383 e. The molecule has 30 heavy (non-hydrogen) atoms. The van der Waals surface area contributed by atoms with Crippen LogP contribution in [0, 0.1) is 0 Å². The molecule has 0 unspecified atom stereocenters. The van der Waals surface area contributed by atoms with Crippen LogP contribution >= 0.6 is 11.6 Å². The number of nitrogens with two attached hydrogens (primary N) is 1. The van der Waals surface area contributed by atoms with Crippen LogP contribution in [0.3, 0.4) is 0 Å². The van der Waals surface area contributed by atoms with Crippen molar-refractivity contribution in [1.82, 2.24) is 15.3 Å². The van der Waals surface area contributed by atoms with E-state index < -0.39 is 0 Å². The third kappa shape index (κ3) is 6.54. The second-order valence-corrected chi connectivity index (χ2v) is 8.30. The first-order valence-corrected chi connectivity index (χ1v) is 11.0. The second-order valence-electron chi connectivity index (χ2n) is 7.89. The van der Waals surface area contributed by atoms with E-state index in [1.165, 1.54) is 0 Å². The van der Waals surface area contributed by atoms with E-state index in [9.17, 15) is 0 Å². The molecule has 8 heteroatoms. The first-order chi connectivity index (χ1) is 14.6. The largest absolute Gasteiger partial charge is 0.383 e. The highest BCUT2D eigenvalue weighted by atomic mass is 35.5. The highest BCUT2D eigenvalue weighted by Gasteiger charge is 2.22. The van der Waals surface area contributed by atoms with Gasteiger partial charge in [0.25, 0.3) is 0 Å². The third-order valence-electron chi connectivity index (χ3n) is 5.35. The van der Waals surface area contributed by atoms with E-state index in [0.717, 1.165) is 55.2 Å². The number of methoxy groups -OCH3 is 1. The summed E-state index contributed by atoms with van der Waals surface area (Å²) >= 11 is 6.43. The maximum Gasteiger partial charge on any atom is 0.126 e. The zero-order valence-electron chi connectivity index (χ0n) is 17.8. The molecule has 0 saturated heterocycles. The molecule has 0 amide bonds. The summed E-state index contributed by atoms with van der Waals surface area (Å²) in [5, 5.41) is 11.0. The van der Waals surface area contributed by atoms with Gasteiger partial charge < -0.3 is 26.4 Å². The summed E-state index contributed by atoms with van der Waals surface area (Å²) in [5.41, 5.74) is 7.25. The predicted octanol–water partition coefficient (Wildman–Crippen LogP) is 3.52. The van der Waals surface area contributed by atoms with Crippen LogP contribution in [0.2, 0.25) is 5.02 Å². The van der Waals surface area contributed by atoms with Crippen molar-refractivity contribution in [3.63, 3.8) is 0 Å². The molecule has 164 valence electrons. The summed E-state index contributed by atoms with van der Waals surface area (Å²) in [5.74, 6) is 1.62. The third-order valence-corrected chi connectivity index (χ3v) is 5.65. The van der Waals surface area contributed by atoms with Gasteiger partial charge in [0.15, 0.2) is 0 Å². The van der Waals surface area contributed by atoms with Gasteiger partial charge in [0.2, 0.25) is 0 Å². The lowest BCUT2D eigenvalue weighted by atomic mass is 9.90. The highest BCUT2D eigenvalue weighted by molar-refractivity contribution is 6.33. The topological polar surface area (TPSA) is 97.1 Å². The Bertz CT molecular complexity index is 797. The normalized spacial score (nSPS) is 20.0. The van der Waals surface area contributed by atoms with Crippen molar-refractivity contribution < 1.29 is 4.74 Å². The molecule has 0 radical (unpaired) electrons. The maximum absolute atomic E-state index is 6.43. The molecule has 0 spiro atoms. The summed E-state index contributed by atoms with van der Waals surface area (Å²) in [7, 11) is 1.74. The first kappa shape index (κ1) is 22.7. The van der Waals surface area contributed by atoms with Gasteiger partial charge in [0.05, 0.1) is 17.3 Å². The van der Waals surface area contributed by atoms with E-state index in [0.29, 0.717) is 36.2 Å². The number of hydrogen-bond donors (Lipinski definition) is 4. The van der Waals surface area contributed by atoms with Gasteiger partial charge in [-0.25, -0.2) is 9.97 Å². The van der Waals surface area contributed by atoms with Crippen LogP contribution in [-0.4, -0.2) is 54.9 Å². The molecule has 1 fully saturated rings. The fraction of sp³-hybridized carbons (Fsp3) is 0.545. The number of anilines is 2. The first-order valence-electron chi connectivity index (χ1n) is 10.7. The Morgan fingerprint density at radius 3 is 2.70 bits per heavy atom. The Morgan fingerprint density at radius 2 is 1.97 bits per heavy atom. The average Bonchev–Trinajstić information content (AvgIpc) is 2.75. The molecule has 0 bridgehead atoms. The van der Waals surface area contributed by atoms with Crippen molar-refractivity contribution in [1.29, 1.82) is 0 Å². The van der Waals surface area contributed by atoms with E-state index in [4.69, 9.17) is 22.1 Å². The molecule has 1 aliphatic carbocycles. The number of ether oxygens (including phenoxy) is 1. The Labute approximate surface area is 184 Å². The minimum atomic E-state index is 0.382. The summed E-state index contributed by atoms with van der Waals surface area (Å²) in [4.78, 5) is 9.14. The van der Waals surface area contributed by atoms with Gasteiger partial charge in [-0.15, -0.1) is 0 Å². The molecule has 3 rings (SSSR count). The number of aromatic nitrogens is 2. The van der Waals surface area contributed by atoms with E-state index in [-0.39, 0.29) is 0 Å². The lowest BCUT2D eigenvalue weighted by Gasteiger charge is -2.31. The Hall–Kier alpha value is -1.93. The van der Waals surface area contributed by atoms with Crippen molar-refractivity contribution in [3.8, 4) is 11.3 Å². The van der Waals surface area contributed by atoms with Crippen molar-refractivity contribution >= 4 is 23.2 Å². The fourth-order valence-corrected chi connectivity index (χ4v) is 4.11. The molecule has 2 heterocycles. The minimum absolute atomic E-state index is 0.382. The van der Waals surface area contributed by atoms with Gasteiger partial charge in [0, 0.05) is 50.1 Å². The summed E-state index contributed by atoms with van der Waals surface area (Å²) < 4.78 is 5.22. The van der Waals surface area contributed by atoms with Crippen LogP contribution in [0.1, 0.15) is 32.6 Å². The molecule has 1 atom stereocenters. The standard InChI is InChI=1S/C22H33ClN6O/c1-15(14-30-2)27-16-6-8-17(9-7-16)28-22-12-18(19(23)13-26-22)20-4-3-5-21(29-20)25-11-10-24/h3-5,12-13,15-17,27H,6-11,14,24H2,1-2H3,(H,25,29)(H,26,28)/t15-,16?,17?/m1/s1. The van der Waals surface area contributed by atoms with Gasteiger partial charge >= 0.3 is 0 Å². The highest BCUT2D eigenvalue weighted by Crippen LogP contribution is 2.30. The van der Waals surface area contributed by atoms with Crippen molar-refractivity contribution in [3.05, 3.63) is 35.5 Å². The van der Waals surface area contributed by atoms with Crippen molar-refractivity contribution in [2.75, 3.05) is 37.4 Å². The molecule has 5 N–H and O–H groups in total. The second kappa shape index (κ2) is 11.5. The predicted molar refractivity (Wildman–Crippen MR) is 124 cm³/mol. The Morgan fingerprint density at radius 1 is 1.20 bits per heavy atom. The van der Waals surface area contributed by atoms with Gasteiger partial charge in [0.1, 0.15) is 11.6 Å². The number of nitrogens with zero attached hydrogens (tertiary/aromatic N) is 2. The smallest absolute Gasteiger partial charge is 0.126 e. The monoisotopic (exact) mass is 432 g/mol. The van der Waals surface area contributed by atoms with Gasteiger partial charge in [-0.3, -0.25) is 0 Å². The van der Waals surface area contributed by atoms with E-state index >= 15 is 0 Å². The number of pyridine rings is 2. The van der Waals surface area contributed by atoms with Crippen molar-refractivity contribution in [2.45, 2.75) is 50.7 Å². The van der Waals surface area contributed by atoms with Crippen LogP contribution in [0.15, 0.2) is 30.5 Å². The molecule has 0 aromatic carbocycles. The molecule has 1 aliphatic rings. The molecular weight excluding hydrogens is 400 g/mol.